The molecule has 0 unspecified atom stereocenters. The summed E-state index contributed by atoms with van der Waals surface area (Å²) in [5.41, 5.74) is 3.19. The minimum absolute atomic E-state index is 0.733. The van der Waals surface area contributed by atoms with E-state index in [1.54, 1.807) is 0 Å². The van der Waals surface area contributed by atoms with E-state index in [-0.39, 0.29) is 0 Å². The average molecular weight is 343 g/mol. The highest BCUT2D eigenvalue weighted by Crippen LogP contribution is 2.24. The van der Waals surface area contributed by atoms with Gasteiger partial charge in [0.25, 0.3) is 0 Å². The zero-order valence-electron chi connectivity index (χ0n) is 13.8. The van der Waals surface area contributed by atoms with Crippen molar-refractivity contribution in [3.8, 4) is 0 Å². The lowest BCUT2D eigenvalue weighted by atomic mass is 10.1. The molecule has 120 valence electrons. The Morgan fingerprint density at radius 3 is 2.00 bits per heavy atom. The van der Waals surface area contributed by atoms with Gasteiger partial charge in [-0.1, -0.05) is 60.7 Å². The van der Waals surface area contributed by atoms with E-state index in [2.05, 4.69) is 37.8 Å². The third kappa shape index (κ3) is 3.95. The highest BCUT2D eigenvalue weighted by Gasteiger charge is 2.22. The van der Waals surface area contributed by atoms with Crippen molar-refractivity contribution in [3.05, 3.63) is 65.7 Å². The summed E-state index contributed by atoms with van der Waals surface area (Å²) >= 11 is 11.6. The lowest BCUT2D eigenvalue weighted by molar-refractivity contribution is 0.469. The van der Waals surface area contributed by atoms with Crippen LogP contribution in [-0.2, 0) is 0 Å². The first-order chi connectivity index (χ1) is 11.1. The van der Waals surface area contributed by atoms with E-state index in [0.29, 0.717) is 0 Å². The van der Waals surface area contributed by atoms with E-state index in [9.17, 15) is 0 Å². The van der Waals surface area contributed by atoms with Crippen LogP contribution in [0.4, 0.5) is 5.69 Å². The number of hydrogen-bond acceptors (Lipinski definition) is 2. The number of hydrogen-bond donors (Lipinski definition) is 0. The fraction of sp³-hybridized carbons (Fsp3) is 0.263. The van der Waals surface area contributed by atoms with E-state index in [1.165, 1.54) is 0 Å². The normalized spacial score (nSPS) is 10.2. The predicted octanol–water partition coefficient (Wildman–Crippen LogP) is 4.80. The van der Waals surface area contributed by atoms with E-state index in [4.69, 9.17) is 24.4 Å². The predicted molar refractivity (Wildman–Crippen MR) is 107 cm³/mol. The standard InChI is InChI=1S/C19H22N2S2/c1-4-20(5-2)19(23)21(17-14-10-9-11-15(17)3)18(22)16-12-7-6-8-13-16/h6-14H,4-5H2,1-3H3. The van der Waals surface area contributed by atoms with Crippen LogP contribution < -0.4 is 4.90 Å². The van der Waals surface area contributed by atoms with Crippen molar-refractivity contribution in [2.45, 2.75) is 20.8 Å². The summed E-state index contributed by atoms with van der Waals surface area (Å²) in [6.07, 6.45) is 0. The molecule has 0 saturated heterocycles. The van der Waals surface area contributed by atoms with Gasteiger partial charge in [-0.15, -0.1) is 0 Å². The Hall–Kier alpha value is -1.78. The zero-order valence-corrected chi connectivity index (χ0v) is 15.5. The molecule has 0 radical (unpaired) electrons. The second-order valence-electron chi connectivity index (χ2n) is 5.25. The van der Waals surface area contributed by atoms with Crippen LogP contribution in [0, 0.1) is 6.92 Å². The van der Waals surface area contributed by atoms with Gasteiger partial charge in [0.1, 0.15) is 4.99 Å². The zero-order chi connectivity index (χ0) is 16.8. The Bertz CT molecular complexity index is 679. The summed E-state index contributed by atoms with van der Waals surface area (Å²) in [4.78, 5) is 4.90. The molecular formula is C19H22N2S2. The molecule has 0 aliphatic heterocycles. The van der Waals surface area contributed by atoms with Crippen LogP contribution in [0.3, 0.4) is 0 Å². The van der Waals surface area contributed by atoms with Gasteiger partial charge in [0.15, 0.2) is 5.11 Å². The molecule has 0 atom stereocenters. The van der Waals surface area contributed by atoms with E-state index in [0.717, 1.165) is 40.0 Å². The summed E-state index contributed by atoms with van der Waals surface area (Å²) in [7, 11) is 0. The summed E-state index contributed by atoms with van der Waals surface area (Å²) < 4.78 is 0. The van der Waals surface area contributed by atoms with Gasteiger partial charge < -0.3 is 4.90 Å². The van der Waals surface area contributed by atoms with Crippen LogP contribution in [0.1, 0.15) is 25.0 Å². The lowest BCUT2D eigenvalue weighted by Gasteiger charge is -2.33. The van der Waals surface area contributed by atoms with Crippen molar-refractivity contribution in [3.63, 3.8) is 0 Å². The van der Waals surface area contributed by atoms with Crippen LogP contribution in [0.15, 0.2) is 54.6 Å². The van der Waals surface area contributed by atoms with Crippen molar-refractivity contribution < 1.29 is 0 Å². The van der Waals surface area contributed by atoms with Crippen molar-refractivity contribution in [2.75, 3.05) is 18.0 Å². The van der Waals surface area contributed by atoms with Crippen LogP contribution in [0.2, 0.25) is 0 Å². The Morgan fingerprint density at radius 2 is 1.43 bits per heavy atom. The SMILES string of the molecule is CCN(CC)C(=S)N(C(=S)c1ccccc1)c1ccccc1C. The van der Waals surface area contributed by atoms with Gasteiger partial charge in [0.05, 0.1) is 5.69 Å². The number of nitrogens with zero attached hydrogens (tertiary/aromatic N) is 2. The molecule has 0 saturated carbocycles. The van der Waals surface area contributed by atoms with Crippen molar-refractivity contribution in [2.24, 2.45) is 0 Å². The molecule has 0 fully saturated rings. The fourth-order valence-corrected chi connectivity index (χ4v) is 3.29. The van der Waals surface area contributed by atoms with Crippen molar-refractivity contribution in [1.82, 2.24) is 4.90 Å². The maximum atomic E-state index is 5.79. The minimum Gasteiger partial charge on any atom is -0.349 e. The summed E-state index contributed by atoms with van der Waals surface area (Å²) in [6, 6.07) is 18.2. The molecular weight excluding hydrogens is 320 g/mol. The van der Waals surface area contributed by atoms with Crippen molar-refractivity contribution in [1.29, 1.82) is 0 Å². The quantitative estimate of drug-likeness (QED) is 0.736. The molecule has 23 heavy (non-hydrogen) atoms. The first kappa shape index (κ1) is 17.6. The molecule has 2 rings (SSSR count). The van der Waals surface area contributed by atoms with Crippen LogP contribution in [0.25, 0.3) is 0 Å². The number of rotatable bonds is 4. The third-order valence-electron chi connectivity index (χ3n) is 3.81. The molecule has 4 heteroatoms. The second-order valence-corrected chi connectivity index (χ2v) is 6.00. The summed E-state index contributed by atoms with van der Waals surface area (Å²) in [5.74, 6) is 0. The first-order valence-corrected chi connectivity index (χ1v) is 8.65. The number of thiocarbonyl (C=S) groups is 2. The first-order valence-electron chi connectivity index (χ1n) is 7.84. The topological polar surface area (TPSA) is 6.48 Å². The molecule has 0 aromatic heterocycles. The van der Waals surface area contributed by atoms with Gasteiger partial charge in [-0.25, -0.2) is 0 Å². The summed E-state index contributed by atoms with van der Waals surface area (Å²) in [5, 5.41) is 0.748. The smallest absolute Gasteiger partial charge is 0.181 e. The van der Waals surface area contributed by atoms with Crippen molar-refractivity contribution >= 4 is 40.2 Å². The molecule has 0 heterocycles. The van der Waals surface area contributed by atoms with Gasteiger partial charge in [0.2, 0.25) is 0 Å². The molecule has 2 nitrogen and oxygen atoms in total. The van der Waals surface area contributed by atoms with Crippen LogP contribution >= 0.6 is 24.4 Å². The number of para-hydroxylation sites is 1. The fourth-order valence-electron chi connectivity index (χ4n) is 2.46. The monoisotopic (exact) mass is 342 g/mol. The summed E-state index contributed by atoms with van der Waals surface area (Å²) in [6.45, 7) is 8.01. The van der Waals surface area contributed by atoms with E-state index >= 15 is 0 Å². The molecule has 2 aromatic rings. The largest absolute Gasteiger partial charge is 0.349 e. The molecule has 2 aromatic carbocycles. The highest BCUT2D eigenvalue weighted by atomic mass is 32.1. The molecule has 0 N–H and O–H groups in total. The Labute approximate surface area is 149 Å². The molecule has 0 aliphatic carbocycles. The van der Waals surface area contributed by atoms with E-state index in [1.807, 2.05) is 47.4 Å². The average Bonchev–Trinajstić information content (AvgIpc) is 2.58. The Kier molecular flexibility index (Phi) is 6.25. The highest BCUT2D eigenvalue weighted by molar-refractivity contribution is 7.82. The third-order valence-corrected chi connectivity index (χ3v) is 4.66. The number of aryl methyl sites for hydroxylation is 1. The van der Waals surface area contributed by atoms with E-state index < -0.39 is 0 Å². The lowest BCUT2D eigenvalue weighted by Crippen LogP contribution is -2.46. The maximum absolute atomic E-state index is 5.79. The number of anilines is 1. The van der Waals surface area contributed by atoms with Crippen LogP contribution in [0.5, 0.6) is 0 Å². The van der Waals surface area contributed by atoms with Gasteiger partial charge in [-0.3, -0.25) is 4.90 Å². The Balaban J connectivity index is 2.50. The van der Waals surface area contributed by atoms with Gasteiger partial charge in [0, 0.05) is 18.7 Å². The van der Waals surface area contributed by atoms with Gasteiger partial charge in [-0.05, 0) is 44.6 Å². The second kappa shape index (κ2) is 8.18. The molecule has 0 aliphatic rings. The number of benzene rings is 2. The molecule has 0 bridgehead atoms. The van der Waals surface area contributed by atoms with Gasteiger partial charge >= 0.3 is 0 Å². The minimum atomic E-state index is 0.733. The van der Waals surface area contributed by atoms with Crippen LogP contribution in [-0.4, -0.2) is 28.1 Å². The Morgan fingerprint density at radius 1 is 0.870 bits per heavy atom. The van der Waals surface area contributed by atoms with Gasteiger partial charge in [-0.2, -0.15) is 0 Å². The maximum Gasteiger partial charge on any atom is 0.181 e. The molecule has 0 spiro atoms. The molecule has 0 amide bonds.